The van der Waals surface area contributed by atoms with E-state index in [2.05, 4.69) is 22.4 Å². The number of methoxy groups -OCH3 is 1. The number of hydrogen-bond donors (Lipinski definition) is 1. The van der Waals surface area contributed by atoms with E-state index in [1.54, 1.807) is 7.11 Å². The molecule has 4 heteroatoms. The minimum absolute atomic E-state index is 0.407. The molecule has 1 atom stereocenters. The Hall–Kier alpha value is -1.58. The molecule has 1 N–H and O–H groups in total. The number of pyridine rings is 1. The van der Waals surface area contributed by atoms with Crippen molar-refractivity contribution < 1.29 is 4.74 Å². The lowest BCUT2D eigenvalue weighted by Gasteiger charge is -2.14. The second-order valence-corrected chi connectivity index (χ2v) is 5.46. The highest BCUT2D eigenvalue weighted by Gasteiger charge is 2.21. The van der Waals surface area contributed by atoms with Crippen molar-refractivity contribution in [1.29, 1.82) is 0 Å². The Morgan fingerprint density at radius 2 is 2.25 bits per heavy atom. The Bertz CT molecular complexity index is 598. The summed E-state index contributed by atoms with van der Waals surface area (Å²) in [6.45, 7) is 0.809. The van der Waals surface area contributed by atoms with Crippen molar-refractivity contribution in [3.05, 3.63) is 58.2 Å². The van der Waals surface area contributed by atoms with Crippen LogP contribution in [0, 0.1) is 0 Å². The van der Waals surface area contributed by atoms with Gasteiger partial charge in [0.1, 0.15) is 0 Å². The minimum atomic E-state index is 0.407. The average Bonchev–Trinajstić information content (AvgIpc) is 2.88. The van der Waals surface area contributed by atoms with E-state index in [9.17, 15) is 0 Å². The largest absolute Gasteiger partial charge is 0.481 e. The van der Waals surface area contributed by atoms with Crippen molar-refractivity contribution >= 4 is 11.6 Å². The van der Waals surface area contributed by atoms with Crippen molar-refractivity contribution in [2.24, 2.45) is 0 Å². The number of hydrogen-bond acceptors (Lipinski definition) is 3. The topological polar surface area (TPSA) is 34.1 Å². The van der Waals surface area contributed by atoms with E-state index in [1.165, 1.54) is 11.1 Å². The first-order valence-electron chi connectivity index (χ1n) is 6.77. The van der Waals surface area contributed by atoms with Gasteiger partial charge in [-0.05, 0) is 41.7 Å². The van der Waals surface area contributed by atoms with Crippen LogP contribution in [0.1, 0.15) is 29.2 Å². The van der Waals surface area contributed by atoms with Gasteiger partial charge in [0.25, 0.3) is 0 Å². The molecule has 1 aromatic carbocycles. The molecule has 0 aliphatic heterocycles. The Balaban J connectivity index is 1.65. The lowest BCUT2D eigenvalue weighted by molar-refractivity contribution is 0.397. The highest BCUT2D eigenvalue weighted by atomic mass is 35.5. The van der Waals surface area contributed by atoms with Gasteiger partial charge in [-0.1, -0.05) is 23.7 Å². The molecule has 1 aliphatic rings. The van der Waals surface area contributed by atoms with E-state index in [0.717, 1.165) is 30.0 Å². The molecule has 20 heavy (non-hydrogen) atoms. The smallest absolute Gasteiger partial charge is 0.212 e. The molecule has 1 aromatic heterocycles. The predicted molar refractivity (Wildman–Crippen MR) is 80.1 cm³/mol. The Morgan fingerprint density at radius 3 is 3.00 bits per heavy atom. The van der Waals surface area contributed by atoms with E-state index < -0.39 is 0 Å². The molecule has 1 unspecified atom stereocenters. The fraction of sp³-hybridized carbons (Fsp3) is 0.312. The van der Waals surface area contributed by atoms with Gasteiger partial charge in [0.05, 0.1) is 7.11 Å². The zero-order valence-electron chi connectivity index (χ0n) is 11.4. The SMILES string of the molecule is COc1ccc(CNC2CCc3cc(Cl)ccc32)cn1. The van der Waals surface area contributed by atoms with E-state index in [1.807, 2.05) is 24.4 Å². The molecule has 3 nitrogen and oxygen atoms in total. The maximum atomic E-state index is 6.03. The van der Waals surface area contributed by atoms with Gasteiger partial charge in [-0.15, -0.1) is 0 Å². The van der Waals surface area contributed by atoms with Gasteiger partial charge < -0.3 is 10.1 Å². The van der Waals surface area contributed by atoms with Crippen LogP contribution in [-0.4, -0.2) is 12.1 Å². The molecule has 0 fully saturated rings. The number of aromatic nitrogens is 1. The maximum absolute atomic E-state index is 6.03. The zero-order chi connectivity index (χ0) is 13.9. The van der Waals surface area contributed by atoms with E-state index in [-0.39, 0.29) is 0 Å². The Kier molecular flexibility index (Phi) is 3.90. The summed E-state index contributed by atoms with van der Waals surface area (Å²) >= 11 is 6.03. The summed E-state index contributed by atoms with van der Waals surface area (Å²) < 4.78 is 5.06. The normalized spacial score (nSPS) is 17.0. The van der Waals surface area contributed by atoms with Crippen molar-refractivity contribution in [2.75, 3.05) is 7.11 Å². The minimum Gasteiger partial charge on any atom is -0.481 e. The molecule has 1 aliphatic carbocycles. The summed E-state index contributed by atoms with van der Waals surface area (Å²) in [5.41, 5.74) is 3.90. The molecule has 0 spiro atoms. The monoisotopic (exact) mass is 288 g/mol. The van der Waals surface area contributed by atoms with E-state index >= 15 is 0 Å². The molecular formula is C16H17ClN2O. The highest BCUT2D eigenvalue weighted by molar-refractivity contribution is 6.30. The molecular weight excluding hydrogens is 272 g/mol. The summed E-state index contributed by atoms with van der Waals surface area (Å²) in [5, 5.41) is 4.41. The van der Waals surface area contributed by atoms with Gasteiger partial charge >= 0.3 is 0 Å². The highest BCUT2D eigenvalue weighted by Crippen LogP contribution is 2.32. The molecule has 2 aromatic rings. The zero-order valence-corrected chi connectivity index (χ0v) is 12.2. The third-order valence-corrected chi connectivity index (χ3v) is 3.98. The number of ether oxygens (including phenoxy) is 1. The van der Waals surface area contributed by atoms with Gasteiger partial charge in [-0.25, -0.2) is 4.98 Å². The average molecular weight is 289 g/mol. The third-order valence-electron chi connectivity index (χ3n) is 3.74. The van der Waals surface area contributed by atoms with E-state index in [4.69, 9.17) is 16.3 Å². The molecule has 0 saturated heterocycles. The second-order valence-electron chi connectivity index (χ2n) is 5.02. The number of nitrogens with zero attached hydrogens (tertiary/aromatic N) is 1. The predicted octanol–water partition coefficient (Wildman–Crippen LogP) is 3.52. The Labute approximate surface area is 123 Å². The van der Waals surface area contributed by atoms with Crippen LogP contribution in [0.5, 0.6) is 5.88 Å². The van der Waals surface area contributed by atoms with Crippen LogP contribution in [0.25, 0.3) is 0 Å². The first-order chi connectivity index (χ1) is 9.76. The van der Waals surface area contributed by atoms with Gasteiger partial charge in [-0.3, -0.25) is 0 Å². The van der Waals surface area contributed by atoms with Crippen LogP contribution in [0.4, 0.5) is 0 Å². The van der Waals surface area contributed by atoms with Crippen LogP contribution < -0.4 is 10.1 Å². The summed E-state index contributed by atoms with van der Waals surface area (Å²) in [7, 11) is 1.63. The molecule has 0 saturated carbocycles. The van der Waals surface area contributed by atoms with Gasteiger partial charge in [0.15, 0.2) is 0 Å². The number of aryl methyl sites for hydroxylation is 1. The second kappa shape index (κ2) is 5.81. The quantitative estimate of drug-likeness (QED) is 0.935. The van der Waals surface area contributed by atoms with Crippen molar-refractivity contribution in [3.8, 4) is 5.88 Å². The van der Waals surface area contributed by atoms with Crippen molar-refractivity contribution in [2.45, 2.75) is 25.4 Å². The summed E-state index contributed by atoms with van der Waals surface area (Å²) in [4.78, 5) is 4.22. The summed E-state index contributed by atoms with van der Waals surface area (Å²) in [6, 6.07) is 10.5. The fourth-order valence-corrected chi connectivity index (χ4v) is 2.87. The number of nitrogens with one attached hydrogen (secondary N) is 1. The number of halogens is 1. The third kappa shape index (κ3) is 2.79. The molecule has 0 radical (unpaired) electrons. The summed E-state index contributed by atoms with van der Waals surface area (Å²) in [5.74, 6) is 0.648. The number of benzene rings is 1. The fourth-order valence-electron chi connectivity index (χ4n) is 2.68. The van der Waals surface area contributed by atoms with Gasteiger partial charge in [0.2, 0.25) is 5.88 Å². The first kappa shape index (κ1) is 13.4. The Morgan fingerprint density at radius 1 is 1.35 bits per heavy atom. The maximum Gasteiger partial charge on any atom is 0.212 e. The standard InChI is InChI=1S/C16H17ClN2O/c1-20-16-7-2-11(10-19-16)9-18-15-6-3-12-8-13(17)4-5-14(12)15/h2,4-5,7-8,10,15,18H,3,6,9H2,1H3. The lowest BCUT2D eigenvalue weighted by atomic mass is 10.1. The molecule has 3 rings (SSSR count). The van der Waals surface area contributed by atoms with Crippen molar-refractivity contribution in [1.82, 2.24) is 10.3 Å². The number of rotatable bonds is 4. The van der Waals surface area contributed by atoms with Gasteiger partial charge in [0, 0.05) is 29.9 Å². The van der Waals surface area contributed by atoms with Gasteiger partial charge in [-0.2, -0.15) is 0 Å². The van der Waals surface area contributed by atoms with Crippen LogP contribution in [-0.2, 0) is 13.0 Å². The van der Waals surface area contributed by atoms with E-state index in [0.29, 0.717) is 11.9 Å². The molecule has 0 amide bonds. The molecule has 1 heterocycles. The van der Waals surface area contributed by atoms with Crippen molar-refractivity contribution in [3.63, 3.8) is 0 Å². The lowest BCUT2D eigenvalue weighted by Crippen LogP contribution is -2.18. The van der Waals surface area contributed by atoms with Crippen LogP contribution >= 0.6 is 11.6 Å². The molecule has 104 valence electrons. The first-order valence-corrected chi connectivity index (χ1v) is 7.14. The number of fused-ring (bicyclic) bond motifs is 1. The summed E-state index contributed by atoms with van der Waals surface area (Å²) in [6.07, 6.45) is 4.07. The van der Waals surface area contributed by atoms with Crippen LogP contribution in [0.15, 0.2) is 36.5 Å². The van der Waals surface area contributed by atoms with Crippen LogP contribution in [0.3, 0.4) is 0 Å². The van der Waals surface area contributed by atoms with Crippen LogP contribution in [0.2, 0.25) is 5.02 Å². The molecule has 0 bridgehead atoms.